The maximum atomic E-state index is 12.5. The van der Waals surface area contributed by atoms with Crippen molar-refractivity contribution in [2.24, 2.45) is 0 Å². The first kappa shape index (κ1) is 18.5. The number of furan rings is 1. The van der Waals surface area contributed by atoms with Gasteiger partial charge in [-0.05, 0) is 58.1 Å². The summed E-state index contributed by atoms with van der Waals surface area (Å²) in [6, 6.07) is 4.39. The predicted molar refractivity (Wildman–Crippen MR) is 100.0 cm³/mol. The molecule has 3 rings (SSSR count). The number of carbonyl (C=O) groups is 2. The molecule has 1 fully saturated rings. The fourth-order valence-corrected chi connectivity index (χ4v) is 3.86. The Hall–Kier alpha value is -2.30. The fourth-order valence-electron chi connectivity index (χ4n) is 3.86. The van der Waals surface area contributed by atoms with Gasteiger partial charge in [0.2, 0.25) is 0 Å². The number of amides is 1. The highest BCUT2D eigenvalue weighted by Crippen LogP contribution is 2.27. The summed E-state index contributed by atoms with van der Waals surface area (Å²) < 4.78 is 10.9. The van der Waals surface area contributed by atoms with E-state index >= 15 is 0 Å². The number of hydrogen-bond acceptors (Lipinski definition) is 4. The summed E-state index contributed by atoms with van der Waals surface area (Å²) in [5, 5.41) is 0.926. The average Bonchev–Trinajstić information content (AvgIpc) is 2.99. The molecule has 2 aromatic rings. The molecule has 0 N–H and O–H groups in total. The van der Waals surface area contributed by atoms with Gasteiger partial charge in [0, 0.05) is 23.0 Å². The van der Waals surface area contributed by atoms with E-state index in [4.69, 9.17) is 9.15 Å². The van der Waals surface area contributed by atoms with Crippen LogP contribution in [0.2, 0.25) is 0 Å². The monoisotopic (exact) mass is 357 g/mol. The van der Waals surface area contributed by atoms with Gasteiger partial charge in [-0.25, -0.2) is 0 Å². The van der Waals surface area contributed by atoms with Crippen molar-refractivity contribution in [1.29, 1.82) is 0 Å². The van der Waals surface area contributed by atoms with Gasteiger partial charge in [-0.3, -0.25) is 9.59 Å². The maximum absolute atomic E-state index is 12.5. The smallest absolute Gasteiger partial charge is 0.310 e. The van der Waals surface area contributed by atoms with E-state index in [1.807, 2.05) is 30.9 Å². The van der Waals surface area contributed by atoms with Crippen LogP contribution in [-0.4, -0.2) is 35.5 Å². The first-order valence-corrected chi connectivity index (χ1v) is 9.31. The van der Waals surface area contributed by atoms with Crippen molar-refractivity contribution in [1.82, 2.24) is 4.90 Å². The van der Waals surface area contributed by atoms with Crippen molar-refractivity contribution >= 4 is 22.8 Å². The van der Waals surface area contributed by atoms with E-state index in [0.29, 0.717) is 0 Å². The Labute approximate surface area is 154 Å². The van der Waals surface area contributed by atoms with Crippen LogP contribution in [0.1, 0.15) is 49.8 Å². The number of carbonyl (C=O) groups excluding carboxylic acids is 2. The van der Waals surface area contributed by atoms with Gasteiger partial charge in [-0.1, -0.05) is 12.1 Å². The standard InChI is InChI=1S/C21H27NO4/c1-13-8-9-18-17(11-26-21(18)16(13)4)10-20(24)25-12-19(23)22-14(2)6-5-7-15(22)3/h8-9,11,14-15H,5-7,10,12H2,1-4H3/t14-,15+. The zero-order chi connectivity index (χ0) is 18.8. The van der Waals surface area contributed by atoms with Gasteiger partial charge < -0.3 is 14.1 Å². The molecule has 0 saturated carbocycles. The number of ether oxygens (including phenoxy) is 1. The zero-order valence-electron chi connectivity index (χ0n) is 16.0. The second kappa shape index (κ2) is 7.52. The number of benzene rings is 1. The first-order valence-electron chi connectivity index (χ1n) is 9.31. The minimum Gasteiger partial charge on any atom is -0.464 e. The lowest BCUT2D eigenvalue weighted by atomic mass is 9.97. The van der Waals surface area contributed by atoms with Crippen LogP contribution < -0.4 is 0 Å². The molecule has 1 aliphatic heterocycles. The normalized spacial score (nSPS) is 20.4. The summed E-state index contributed by atoms with van der Waals surface area (Å²) in [5.74, 6) is -0.516. The van der Waals surface area contributed by atoms with Crippen molar-refractivity contribution in [2.45, 2.75) is 65.5 Å². The molecule has 0 radical (unpaired) electrons. The molecule has 5 heteroatoms. The van der Waals surface area contributed by atoms with Gasteiger partial charge in [0.25, 0.3) is 5.91 Å². The molecule has 0 unspecified atom stereocenters. The van der Waals surface area contributed by atoms with Crippen molar-refractivity contribution < 1.29 is 18.7 Å². The third-order valence-corrected chi connectivity index (χ3v) is 5.51. The lowest BCUT2D eigenvalue weighted by Gasteiger charge is -2.38. The van der Waals surface area contributed by atoms with Gasteiger partial charge in [0.05, 0.1) is 12.7 Å². The largest absolute Gasteiger partial charge is 0.464 e. The maximum Gasteiger partial charge on any atom is 0.310 e. The van der Waals surface area contributed by atoms with Gasteiger partial charge in [-0.2, -0.15) is 0 Å². The van der Waals surface area contributed by atoms with Crippen LogP contribution >= 0.6 is 0 Å². The molecular formula is C21H27NO4. The van der Waals surface area contributed by atoms with Crippen LogP contribution in [0.3, 0.4) is 0 Å². The molecular weight excluding hydrogens is 330 g/mol. The Morgan fingerprint density at radius 3 is 2.58 bits per heavy atom. The highest BCUT2D eigenvalue weighted by atomic mass is 16.5. The molecule has 0 aliphatic carbocycles. The van der Waals surface area contributed by atoms with Crippen LogP contribution in [0, 0.1) is 13.8 Å². The third kappa shape index (κ3) is 3.62. The molecule has 0 bridgehead atoms. The van der Waals surface area contributed by atoms with Gasteiger partial charge >= 0.3 is 5.97 Å². The summed E-state index contributed by atoms with van der Waals surface area (Å²) >= 11 is 0. The molecule has 1 amide bonds. The Kier molecular flexibility index (Phi) is 5.35. The second-order valence-corrected chi connectivity index (χ2v) is 7.41. The Morgan fingerprint density at radius 1 is 1.19 bits per heavy atom. The summed E-state index contributed by atoms with van der Waals surface area (Å²) in [6.45, 7) is 7.94. The highest BCUT2D eigenvalue weighted by molar-refractivity contribution is 5.89. The van der Waals surface area contributed by atoms with Crippen molar-refractivity contribution in [3.05, 3.63) is 35.1 Å². The zero-order valence-corrected chi connectivity index (χ0v) is 16.0. The molecule has 0 spiro atoms. The number of likely N-dealkylation sites (tertiary alicyclic amines) is 1. The van der Waals surface area contributed by atoms with E-state index in [2.05, 4.69) is 13.8 Å². The van der Waals surface area contributed by atoms with Crippen LogP contribution in [0.4, 0.5) is 0 Å². The van der Waals surface area contributed by atoms with Crippen LogP contribution in [-0.2, 0) is 20.7 Å². The van der Waals surface area contributed by atoms with E-state index in [1.165, 1.54) is 0 Å². The lowest BCUT2D eigenvalue weighted by molar-refractivity contribution is -0.154. The van der Waals surface area contributed by atoms with Crippen LogP contribution in [0.25, 0.3) is 11.0 Å². The number of aryl methyl sites for hydroxylation is 2. The van der Waals surface area contributed by atoms with Crippen molar-refractivity contribution in [3.63, 3.8) is 0 Å². The van der Waals surface area contributed by atoms with Crippen molar-refractivity contribution in [2.75, 3.05) is 6.61 Å². The van der Waals surface area contributed by atoms with Gasteiger partial charge in [-0.15, -0.1) is 0 Å². The molecule has 140 valence electrons. The molecule has 1 aromatic heterocycles. The summed E-state index contributed by atoms with van der Waals surface area (Å²) in [7, 11) is 0. The SMILES string of the molecule is Cc1ccc2c(CC(=O)OCC(=O)N3[C@H](C)CCC[C@@H]3C)coc2c1C. The molecule has 1 saturated heterocycles. The number of hydrogen-bond donors (Lipinski definition) is 0. The third-order valence-electron chi connectivity index (χ3n) is 5.51. The Bertz CT molecular complexity index is 813. The topological polar surface area (TPSA) is 59.8 Å². The first-order chi connectivity index (χ1) is 12.4. The van der Waals surface area contributed by atoms with Crippen LogP contribution in [0.15, 0.2) is 22.8 Å². The molecule has 1 aromatic carbocycles. The second-order valence-electron chi connectivity index (χ2n) is 7.41. The molecule has 1 aliphatic rings. The van der Waals surface area contributed by atoms with E-state index in [9.17, 15) is 9.59 Å². The molecule has 2 heterocycles. The summed E-state index contributed by atoms with van der Waals surface area (Å²) in [6.07, 6.45) is 4.86. The summed E-state index contributed by atoms with van der Waals surface area (Å²) in [4.78, 5) is 26.5. The van der Waals surface area contributed by atoms with Gasteiger partial charge in [0.1, 0.15) is 5.58 Å². The molecule has 2 atom stereocenters. The minimum atomic E-state index is -0.406. The highest BCUT2D eigenvalue weighted by Gasteiger charge is 2.29. The number of fused-ring (bicyclic) bond motifs is 1. The Balaban J connectivity index is 1.61. The number of piperidine rings is 1. The lowest BCUT2D eigenvalue weighted by Crippen LogP contribution is -2.49. The van der Waals surface area contributed by atoms with E-state index in [0.717, 1.165) is 46.9 Å². The molecule has 5 nitrogen and oxygen atoms in total. The predicted octanol–water partition coefficient (Wildman–Crippen LogP) is 3.92. The van der Waals surface area contributed by atoms with E-state index in [-0.39, 0.29) is 31.0 Å². The quantitative estimate of drug-likeness (QED) is 0.778. The van der Waals surface area contributed by atoms with Crippen LogP contribution in [0.5, 0.6) is 0 Å². The van der Waals surface area contributed by atoms with Gasteiger partial charge in [0.15, 0.2) is 6.61 Å². The average molecular weight is 357 g/mol. The summed E-state index contributed by atoms with van der Waals surface area (Å²) in [5.41, 5.74) is 3.82. The van der Waals surface area contributed by atoms with Crippen molar-refractivity contribution in [3.8, 4) is 0 Å². The number of rotatable bonds is 4. The Morgan fingerprint density at radius 2 is 1.88 bits per heavy atom. The number of nitrogens with zero attached hydrogens (tertiary/aromatic N) is 1. The van der Waals surface area contributed by atoms with E-state index in [1.54, 1.807) is 6.26 Å². The van der Waals surface area contributed by atoms with E-state index < -0.39 is 5.97 Å². The molecule has 26 heavy (non-hydrogen) atoms. The number of esters is 1. The fraction of sp³-hybridized carbons (Fsp3) is 0.524. The minimum absolute atomic E-state index is 0.105.